The van der Waals surface area contributed by atoms with Crippen LogP contribution in [-0.2, 0) is 4.79 Å². The number of hydrogen-bond donors (Lipinski definition) is 2. The molecule has 0 heterocycles. The predicted molar refractivity (Wildman–Crippen MR) is 159 cm³/mol. The van der Waals surface area contributed by atoms with Crippen LogP contribution < -0.4 is 5.32 Å². The van der Waals surface area contributed by atoms with Gasteiger partial charge in [0.05, 0.1) is 0 Å². The average molecular weight is 504 g/mol. The summed E-state index contributed by atoms with van der Waals surface area (Å²) >= 11 is 1.56. The molecule has 0 radical (unpaired) electrons. The second-order valence-corrected chi connectivity index (χ2v) is 9.65. The van der Waals surface area contributed by atoms with E-state index in [-0.39, 0.29) is 24.8 Å². The molecule has 4 rings (SSSR count). The molecule has 184 valence electrons. The Kier molecular flexibility index (Phi) is 10.2. The fourth-order valence-electron chi connectivity index (χ4n) is 4.27. The quantitative estimate of drug-likeness (QED) is 0.209. The first-order chi connectivity index (χ1) is 17.5. The van der Waals surface area contributed by atoms with Gasteiger partial charge in [0.15, 0.2) is 0 Å². The van der Waals surface area contributed by atoms with E-state index in [1.165, 1.54) is 10.8 Å². The van der Waals surface area contributed by atoms with Crippen LogP contribution in [0.4, 0.5) is 0 Å². The zero-order valence-electron chi connectivity index (χ0n) is 20.4. The molecule has 4 aromatic rings. The second-order valence-electron chi connectivity index (χ2n) is 8.67. The maximum atomic E-state index is 13.3. The number of carboxylic acids is 1. The number of nitrogens with one attached hydrogen (secondary N) is 1. The Labute approximate surface area is 234 Å². The Hall–Kier alpha value is -3.23. The van der Waals surface area contributed by atoms with E-state index in [0.717, 1.165) is 27.8 Å². The molecule has 37 heavy (non-hydrogen) atoms. The van der Waals surface area contributed by atoms with Crippen molar-refractivity contribution in [2.75, 3.05) is 12.0 Å². The summed E-state index contributed by atoms with van der Waals surface area (Å²) < 4.78 is 0. The summed E-state index contributed by atoms with van der Waals surface area (Å²) in [6, 6.07) is 27.2. The van der Waals surface area contributed by atoms with E-state index in [1.807, 2.05) is 73.9 Å². The van der Waals surface area contributed by atoms with Gasteiger partial charge in [-0.3, -0.25) is 4.79 Å². The molecule has 1 amide bonds. The Morgan fingerprint density at radius 1 is 0.919 bits per heavy atom. The van der Waals surface area contributed by atoms with Crippen LogP contribution in [0.1, 0.15) is 33.5 Å². The number of aryl methyl sites for hydroxylation is 1. The van der Waals surface area contributed by atoms with Crippen molar-refractivity contribution >= 4 is 65.4 Å². The number of aliphatic carboxylic acids is 1. The molecule has 0 aliphatic carbocycles. The van der Waals surface area contributed by atoms with Gasteiger partial charge in [-0.15, -0.1) is 0 Å². The van der Waals surface area contributed by atoms with E-state index in [1.54, 1.807) is 17.8 Å². The van der Waals surface area contributed by atoms with Crippen LogP contribution in [0.15, 0.2) is 84.9 Å². The van der Waals surface area contributed by atoms with Crippen molar-refractivity contribution in [2.24, 2.45) is 0 Å². The van der Waals surface area contributed by atoms with E-state index >= 15 is 0 Å². The summed E-state index contributed by atoms with van der Waals surface area (Å²) in [6.07, 6.45) is 6.42. The molecular weight excluding hydrogens is 473 g/mol. The third-order valence-electron chi connectivity index (χ3n) is 6.22. The molecule has 6 heteroatoms. The minimum absolute atomic E-state index is 0. The van der Waals surface area contributed by atoms with Gasteiger partial charge in [0.2, 0.25) is 0 Å². The molecule has 0 aromatic heterocycles. The Morgan fingerprint density at radius 3 is 2.41 bits per heavy atom. The van der Waals surface area contributed by atoms with Crippen LogP contribution in [0.3, 0.4) is 0 Å². The number of carbonyl (C=O) groups is 2. The van der Waals surface area contributed by atoms with Gasteiger partial charge >= 0.3 is 24.8 Å². The van der Waals surface area contributed by atoms with E-state index in [4.69, 9.17) is 0 Å². The fraction of sp³-hybridized carbons (Fsp3) is 0.161. The van der Waals surface area contributed by atoms with Crippen molar-refractivity contribution in [3.63, 3.8) is 0 Å². The molecule has 0 spiro atoms. The molecule has 4 aromatic carbocycles. The van der Waals surface area contributed by atoms with Crippen molar-refractivity contribution in [1.29, 1.82) is 0 Å². The molecule has 0 saturated heterocycles. The van der Waals surface area contributed by atoms with Crippen LogP contribution in [0, 0.1) is 6.92 Å². The van der Waals surface area contributed by atoms with Crippen LogP contribution in [-0.4, -0.2) is 53.9 Å². The second kappa shape index (κ2) is 13.4. The predicted octanol–water partition coefficient (Wildman–Crippen LogP) is 6.27. The summed E-state index contributed by atoms with van der Waals surface area (Å²) in [5.74, 6) is -0.754. The van der Waals surface area contributed by atoms with Crippen molar-refractivity contribution < 1.29 is 14.7 Å². The van der Waals surface area contributed by atoms with Crippen LogP contribution in [0.2, 0.25) is 0 Å². The molecule has 4 nitrogen and oxygen atoms in total. The fourth-order valence-corrected chi connectivity index (χ4v) is 4.74. The topological polar surface area (TPSA) is 66.4 Å². The molecule has 2 N–H and O–H groups in total. The number of hydrogen-bond acceptors (Lipinski definition) is 3. The zero-order chi connectivity index (χ0) is 25.5. The Bertz CT molecular complexity index is 1430. The summed E-state index contributed by atoms with van der Waals surface area (Å²) in [5, 5.41) is 14.7. The van der Waals surface area contributed by atoms with Gasteiger partial charge in [-0.2, -0.15) is 11.8 Å². The number of rotatable bonds is 9. The van der Waals surface area contributed by atoms with Gasteiger partial charge < -0.3 is 10.4 Å². The molecule has 0 fully saturated rings. The number of benzene rings is 4. The average Bonchev–Trinajstić information content (AvgIpc) is 2.89. The first kappa shape index (κ1) is 28.3. The Balaban J connectivity index is 0.00000380. The summed E-state index contributed by atoms with van der Waals surface area (Å²) in [6.45, 7) is 2.01. The third kappa shape index (κ3) is 6.96. The molecule has 0 aliphatic rings. The molecular formula is C31H30LiNO3S. The number of fused-ring (bicyclic) bond motifs is 1. The van der Waals surface area contributed by atoms with Crippen LogP contribution in [0.5, 0.6) is 0 Å². The van der Waals surface area contributed by atoms with Crippen LogP contribution in [0.25, 0.3) is 34.1 Å². The van der Waals surface area contributed by atoms with Crippen molar-refractivity contribution in [3.05, 3.63) is 107 Å². The molecule has 1 atom stereocenters. The zero-order valence-corrected chi connectivity index (χ0v) is 21.2. The first-order valence-corrected chi connectivity index (χ1v) is 13.3. The van der Waals surface area contributed by atoms with Gasteiger partial charge in [-0.05, 0) is 76.1 Å². The van der Waals surface area contributed by atoms with E-state index < -0.39 is 12.0 Å². The SMILES string of the molecule is CSCCC(NC(=O)c1ccc(/C=C/c2cccc3ccccc23)cc1-c1ccccc1C)C(=O)O.[LiH]. The van der Waals surface area contributed by atoms with Gasteiger partial charge in [-0.1, -0.05) is 84.9 Å². The van der Waals surface area contributed by atoms with E-state index in [9.17, 15) is 14.7 Å². The summed E-state index contributed by atoms with van der Waals surface area (Å²) in [7, 11) is 0. The van der Waals surface area contributed by atoms with Gasteiger partial charge in [0, 0.05) is 5.56 Å². The van der Waals surface area contributed by atoms with Crippen molar-refractivity contribution in [2.45, 2.75) is 19.4 Å². The van der Waals surface area contributed by atoms with Crippen molar-refractivity contribution in [1.82, 2.24) is 5.32 Å². The summed E-state index contributed by atoms with van der Waals surface area (Å²) in [5.41, 5.74) is 5.29. The van der Waals surface area contributed by atoms with Gasteiger partial charge in [0.25, 0.3) is 5.91 Å². The first-order valence-electron chi connectivity index (χ1n) is 11.9. The van der Waals surface area contributed by atoms with Gasteiger partial charge in [0.1, 0.15) is 6.04 Å². The number of thioether (sulfide) groups is 1. The Morgan fingerprint density at radius 2 is 1.65 bits per heavy atom. The molecule has 1 unspecified atom stereocenters. The number of carboxylic acid groups (broad SMARTS) is 1. The molecule has 0 bridgehead atoms. The normalized spacial score (nSPS) is 11.7. The number of carbonyl (C=O) groups excluding carboxylic acids is 1. The van der Waals surface area contributed by atoms with Crippen LogP contribution >= 0.6 is 11.8 Å². The number of amides is 1. The van der Waals surface area contributed by atoms with Crippen molar-refractivity contribution in [3.8, 4) is 11.1 Å². The standard InChI is InChI=1S/C31H29NO3S.Li.H/c1-21-8-3-5-12-25(21)28-20-22(14-16-24-11-7-10-23-9-4-6-13-26(23)24)15-17-27(28)30(33)32-29(31(34)35)18-19-36-2;;/h3-17,20,29H,18-19H2,1-2H3,(H,32,33)(H,34,35);;/b16-14+;;. The molecule has 0 aliphatic heterocycles. The van der Waals surface area contributed by atoms with E-state index in [2.05, 4.69) is 35.7 Å². The maximum absolute atomic E-state index is 13.3. The third-order valence-corrected chi connectivity index (χ3v) is 6.86. The summed E-state index contributed by atoms with van der Waals surface area (Å²) in [4.78, 5) is 25.0. The molecule has 0 saturated carbocycles. The van der Waals surface area contributed by atoms with Gasteiger partial charge in [-0.25, -0.2) is 4.79 Å². The minimum atomic E-state index is -1.02. The van der Waals surface area contributed by atoms with E-state index in [0.29, 0.717) is 17.7 Å². The monoisotopic (exact) mass is 503 g/mol.